The predicted molar refractivity (Wildman–Crippen MR) is 71.8 cm³/mol. The third kappa shape index (κ3) is 2.98. The van der Waals surface area contributed by atoms with E-state index in [2.05, 4.69) is 25.9 Å². The van der Waals surface area contributed by atoms with E-state index >= 15 is 0 Å². The first-order valence-electron chi connectivity index (χ1n) is 5.13. The van der Waals surface area contributed by atoms with Crippen LogP contribution >= 0.6 is 26.6 Å². The lowest BCUT2D eigenvalue weighted by Crippen LogP contribution is -2.28. The fourth-order valence-corrected chi connectivity index (χ4v) is 3.03. The fourth-order valence-electron chi connectivity index (χ4n) is 1.74. The van der Waals surface area contributed by atoms with Crippen molar-refractivity contribution in [2.45, 2.75) is 11.7 Å². The molecule has 104 valence electrons. The van der Waals surface area contributed by atoms with Crippen LogP contribution in [0.25, 0.3) is 0 Å². The average Bonchev–Trinajstić information content (AvgIpc) is 2.71. The Morgan fingerprint density at radius 3 is 2.79 bits per heavy atom. The molecule has 0 aliphatic carbocycles. The summed E-state index contributed by atoms with van der Waals surface area (Å²) < 4.78 is 28.0. The molecule has 2 rings (SSSR count). The molecule has 0 radical (unpaired) electrons. The summed E-state index contributed by atoms with van der Waals surface area (Å²) in [5.41, 5.74) is 0. The normalized spacial score (nSPS) is 19.8. The highest BCUT2D eigenvalue weighted by Gasteiger charge is 2.39. The molecule has 1 amide bonds. The van der Waals surface area contributed by atoms with E-state index < -0.39 is 14.3 Å². The second-order valence-corrected chi connectivity index (χ2v) is 7.55. The average molecular weight is 371 g/mol. The van der Waals surface area contributed by atoms with Gasteiger partial charge in [0, 0.05) is 23.6 Å². The van der Waals surface area contributed by atoms with Gasteiger partial charge in [-0.25, -0.2) is 18.4 Å². The number of halogens is 2. The topological polar surface area (TPSA) is 89.5 Å². The minimum absolute atomic E-state index is 0.0582. The highest BCUT2D eigenvalue weighted by molar-refractivity contribution is 9.10. The number of nitrogens with zero attached hydrogens (tertiary/aromatic N) is 3. The first kappa shape index (κ1) is 14.5. The van der Waals surface area contributed by atoms with Crippen molar-refractivity contribution in [2.24, 2.45) is 0 Å². The molecule has 0 saturated carbocycles. The summed E-state index contributed by atoms with van der Waals surface area (Å²) in [5, 5.41) is -0.947. The number of hydrogen-bond acceptors (Lipinski definition) is 6. The first-order valence-corrected chi connectivity index (χ1v) is 8.30. The van der Waals surface area contributed by atoms with Crippen molar-refractivity contribution in [2.75, 3.05) is 18.6 Å². The molecular weight excluding hydrogens is 362 g/mol. The molecule has 1 fully saturated rings. The van der Waals surface area contributed by atoms with Gasteiger partial charge in [0.25, 0.3) is 5.88 Å². The molecule has 1 unspecified atom stereocenters. The highest BCUT2D eigenvalue weighted by Crippen LogP contribution is 2.31. The van der Waals surface area contributed by atoms with Crippen LogP contribution in [-0.2, 0) is 13.8 Å². The van der Waals surface area contributed by atoms with E-state index in [1.165, 1.54) is 18.2 Å². The van der Waals surface area contributed by atoms with E-state index in [-0.39, 0.29) is 30.6 Å². The van der Waals surface area contributed by atoms with Gasteiger partial charge in [-0.3, -0.25) is 9.69 Å². The van der Waals surface area contributed by atoms with E-state index in [4.69, 9.17) is 15.4 Å². The zero-order chi connectivity index (χ0) is 14.2. The largest absolute Gasteiger partial charge is 0.478 e. The van der Waals surface area contributed by atoms with Crippen molar-refractivity contribution in [1.29, 1.82) is 0 Å². The zero-order valence-electron chi connectivity index (χ0n) is 9.71. The molecule has 0 spiro atoms. The van der Waals surface area contributed by atoms with E-state index in [0.29, 0.717) is 4.60 Å². The molecule has 7 nitrogen and oxygen atoms in total. The highest BCUT2D eigenvalue weighted by atomic mass is 79.9. The number of methoxy groups -OCH3 is 1. The summed E-state index contributed by atoms with van der Waals surface area (Å²) in [6, 6.07) is 0. The van der Waals surface area contributed by atoms with Gasteiger partial charge in [-0.1, -0.05) is 0 Å². The number of aromatic nitrogens is 2. The number of amides is 1. The van der Waals surface area contributed by atoms with Crippen LogP contribution in [0.1, 0.15) is 6.42 Å². The van der Waals surface area contributed by atoms with Crippen LogP contribution in [-0.4, -0.2) is 43.2 Å². The lowest BCUT2D eigenvalue weighted by Gasteiger charge is -2.16. The summed E-state index contributed by atoms with van der Waals surface area (Å²) in [7, 11) is 2.87. The fraction of sp³-hybridized carbons (Fsp3) is 0.444. The third-order valence-corrected chi connectivity index (χ3v) is 4.88. The Morgan fingerprint density at radius 2 is 2.26 bits per heavy atom. The number of carbonyl (C=O) groups excluding carboxylic acids is 1. The van der Waals surface area contributed by atoms with E-state index in [1.807, 2.05) is 0 Å². The van der Waals surface area contributed by atoms with Gasteiger partial charge >= 0.3 is 0 Å². The molecule has 1 aliphatic rings. The molecule has 10 heteroatoms. The Hall–Kier alpha value is -0.930. The van der Waals surface area contributed by atoms with Crippen molar-refractivity contribution in [3.63, 3.8) is 0 Å². The molecule has 0 N–H and O–H groups in total. The number of rotatable bonds is 3. The Labute approximate surface area is 122 Å². The van der Waals surface area contributed by atoms with Gasteiger partial charge in [0.05, 0.1) is 13.3 Å². The molecule has 1 atom stereocenters. The maximum atomic E-state index is 11.9. The van der Waals surface area contributed by atoms with E-state index in [1.54, 1.807) is 0 Å². The summed E-state index contributed by atoms with van der Waals surface area (Å²) >= 11 is 3.13. The van der Waals surface area contributed by atoms with Crippen LogP contribution < -0.4 is 9.64 Å². The van der Waals surface area contributed by atoms with Crippen molar-refractivity contribution in [1.82, 2.24) is 9.97 Å². The summed E-state index contributed by atoms with van der Waals surface area (Å²) in [4.78, 5) is 21.1. The van der Waals surface area contributed by atoms with Crippen LogP contribution in [0.5, 0.6) is 5.88 Å². The number of carbonyl (C=O) groups is 1. The molecule has 1 aromatic rings. The third-order valence-electron chi connectivity index (χ3n) is 2.63. The number of hydrogen-bond donors (Lipinski definition) is 0. The molecule has 1 saturated heterocycles. The summed E-state index contributed by atoms with van der Waals surface area (Å²) in [5.74, 6) is -0.0713. The maximum Gasteiger partial charge on any atom is 0.258 e. The maximum absolute atomic E-state index is 11.9. The SMILES string of the molecule is COc1nc(Br)cnc1N1CC(S(=O)(=O)Cl)CC1=O. The Balaban J connectivity index is 2.36. The lowest BCUT2D eigenvalue weighted by atomic mass is 10.4. The molecule has 19 heavy (non-hydrogen) atoms. The summed E-state index contributed by atoms with van der Waals surface area (Å²) in [6.45, 7) is -0.0582. The minimum Gasteiger partial charge on any atom is -0.478 e. The Kier molecular flexibility index (Phi) is 3.98. The zero-order valence-corrected chi connectivity index (χ0v) is 12.9. The van der Waals surface area contributed by atoms with Gasteiger partial charge in [-0.15, -0.1) is 0 Å². The smallest absolute Gasteiger partial charge is 0.258 e. The molecular formula is C9H9BrClN3O4S. The monoisotopic (exact) mass is 369 g/mol. The van der Waals surface area contributed by atoms with Gasteiger partial charge in [-0.2, -0.15) is 0 Å². The number of ether oxygens (including phenoxy) is 1. The van der Waals surface area contributed by atoms with Crippen LogP contribution in [0, 0.1) is 0 Å². The molecule has 1 aromatic heterocycles. The second-order valence-electron chi connectivity index (χ2n) is 3.83. The van der Waals surface area contributed by atoms with Crippen LogP contribution in [0.4, 0.5) is 5.82 Å². The van der Waals surface area contributed by atoms with E-state index in [0.717, 1.165) is 0 Å². The van der Waals surface area contributed by atoms with Gasteiger partial charge in [-0.05, 0) is 15.9 Å². The Bertz CT molecular complexity index is 624. The van der Waals surface area contributed by atoms with Crippen LogP contribution in [0.3, 0.4) is 0 Å². The molecule has 0 aromatic carbocycles. The summed E-state index contributed by atoms with van der Waals surface area (Å²) in [6.07, 6.45) is 1.22. The van der Waals surface area contributed by atoms with Gasteiger partial charge in [0.2, 0.25) is 15.0 Å². The Morgan fingerprint density at radius 1 is 1.58 bits per heavy atom. The molecule has 2 heterocycles. The second kappa shape index (κ2) is 5.22. The van der Waals surface area contributed by atoms with Crippen LogP contribution in [0.2, 0.25) is 0 Å². The molecule has 0 bridgehead atoms. The van der Waals surface area contributed by atoms with Crippen molar-refractivity contribution < 1.29 is 17.9 Å². The van der Waals surface area contributed by atoms with Crippen molar-refractivity contribution >= 4 is 47.4 Å². The van der Waals surface area contributed by atoms with Crippen molar-refractivity contribution in [3.8, 4) is 5.88 Å². The number of anilines is 1. The predicted octanol–water partition coefficient (Wildman–Crippen LogP) is 0.922. The van der Waals surface area contributed by atoms with Crippen molar-refractivity contribution in [3.05, 3.63) is 10.8 Å². The van der Waals surface area contributed by atoms with Crippen LogP contribution in [0.15, 0.2) is 10.8 Å². The van der Waals surface area contributed by atoms with E-state index in [9.17, 15) is 13.2 Å². The van der Waals surface area contributed by atoms with Gasteiger partial charge in [0.1, 0.15) is 9.85 Å². The standard InChI is InChI=1S/C9H9BrClN3O4S/c1-18-9-8(12-3-6(10)13-9)14-4-5(2-7(14)15)19(11,16)17/h3,5H,2,4H2,1H3. The lowest BCUT2D eigenvalue weighted by molar-refractivity contribution is -0.117. The minimum atomic E-state index is -3.79. The molecule has 1 aliphatic heterocycles. The first-order chi connectivity index (χ1) is 8.82. The van der Waals surface area contributed by atoms with Gasteiger partial charge < -0.3 is 4.74 Å². The quantitative estimate of drug-likeness (QED) is 0.735. The van der Waals surface area contributed by atoms with Gasteiger partial charge in [0.15, 0.2) is 5.82 Å².